The average molecular weight is 216 g/mol. The molecule has 2 unspecified atom stereocenters. The van der Waals surface area contributed by atoms with Crippen LogP contribution < -0.4 is 0 Å². The Kier molecular flexibility index (Phi) is 2.32. The summed E-state index contributed by atoms with van der Waals surface area (Å²) >= 11 is 0. The van der Waals surface area contributed by atoms with Crippen LogP contribution in [0.5, 0.6) is 0 Å². The lowest BCUT2D eigenvalue weighted by Crippen LogP contribution is -2.51. The van der Waals surface area contributed by atoms with Crippen LogP contribution in [0.3, 0.4) is 0 Å². The van der Waals surface area contributed by atoms with Crippen LogP contribution >= 0.6 is 0 Å². The fourth-order valence-electron chi connectivity index (χ4n) is 3.95. The van der Waals surface area contributed by atoms with Gasteiger partial charge in [0, 0.05) is 11.5 Å². The van der Waals surface area contributed by atoms with E-state index >= 15 is 0 Å². The van der Waals surface area contributed by atoms with Gasteiger partial charge in [0.15, 0.2) is 0 Å². The fraction of sp³-hybridized carbons (Fsp3) is 0.600. The second-order valence-electron chi connectivity index (χ2n) is 6.09. The predicted molar refractivity (Wildman–Crippen MR) is 67.2 cm³/mol. The quantitative estimate of drug-likeness (QED) is 0.584. The van der Waals surface area contributed by atoms with Crippen LogP contribution in [0.2, 0.25) is 0 Å². The molecule has 1 heterocycles. The molecule has 1 heteroatoms. The summed E-state index contributed by atoms with van der Waals surface area (Å²) in [5, 5.41) is 0. The van der Waals surface area contributed by atoms with E-state index in [2.05, 4.69) is 38.4 Å². The molecule has 0 amide bonds. The highest BCUT2D eigenvalue weighted by Gasteiger charge is 2.42. The van der Waals surface area contributed by atoms with Crippen molar-refractivity contribution < 1.29 is 4.48 Å². The highest BCUT2D eigenvalue weighted by Crippen LogP contribution is 2.45. The van der Waals surface area contributed by atoms with Crippen LogP contribution in [-0.4, -0.2) is 25.1 Å². The molecule has 0 bridgehead atoms. The summed E-state index contributed by atoms with van der Waals surface area (Å²) in [5.74, 6) is 0.929. The van der Waals surface area contributed by atoms with Crippen molar-refractivity contribution in [1.29, 1.82) is 0 Å². The zero-order valence-electron chi connectivity index (χ0n) is 10.4. The first kappa shape index (κ1) is 10.3. The Bertz CT molecular complexity index is 394. The second kappa shape index (κ2) is 3.59. The summed E-state index contributed by atoms with van der Waals surface area (Å²) < 4.78 is 1.20. The van der Waals surface area contributed by atoms with Gasteiger partial charge in [-0.15, -0.1) is 0 Å². The molecular formula is C15H22N+. The van der Waals surface area contributed by atoms with Gasteiger partial charge in [-0.25, -0.2) is 0 Å². The molecule has 0 aromatic heterocycles. The first-order valence-electron chi connectivity index (χ1n) is 6.59. The first-order valence-corrected chi connectivity index (χ1v) is 6.59. The molecular weight excluding hydrogens is 194 g/mol. The van der Waals surface area contributed by atoms with Gasteiger partial charge in [-0.05, 0) is 31.2 Å². The number of hydrogen-bond donors (Lipinski definition) is 0. The molecule has 3 rings (SSSR count). The van der Waals surface area contributed by atoms with Gasteiger partial charge in [-0.2, -0.15) is 0 Å². The van der Waals surface area contributed by atoms with Gasteiger partial charge in [0.05, 0.1) is 20.6 Å². The van der Waals surface area contributed by atoms with E-state index in [4.69, 9.17) is 0 Å². The molecule has 1 aliphatic carbocycles. The van der Waals surface area contributed by atoms with E-state index in [-0.39, 0.29) is 0 Å². The van der Waals surface area contributed by atoms with Crippen LogP contribution in [-0.2, 0) is 6.42 Å². The summed E-state index contributed by atoms with van der Waals surface area (Å²) in [6, 6.07) is 9.88. The van der Waals surface area contributed by atoms with Crippen molar-refractivity contribution >= 4 is 0 Å². The SMILES string of the molecule is C[N+]1(C)CCCC2CCc3ccccc3C21. The zero-order valence-corrected chi connectivity index (χ0v) is 10.4. The number of likely N-dealkylation sites (tertiary alicyclic amines) is 1. The van der Waals surface area contributed by atoms with Gasteiger partial charge >= 0.3 is 0 Å². The molecule has 0 saturated carbocycles. The topological polar surface area (TPSA) is 0 Å². The lowest BCUT2D eigenvalue weighted by molar-refractivity contribution is -0.931. The average Bonchev–Trinajstić information content (AvgIpc) is 2.28. The Balaban J connectivity index is 2.07. The number of nitrogens with zero attached hydrogens (tertiary/aromatic N) is 1. The zero-order chi connectivity index (χ0) is 11.2. The van der Waals surface area contributed by atoms with E-state index in [9.17, 15) is 0 Å². The van der Waals surface area contributed by atoms with Gasteiger partial charge in [0.25, 0.3) is 0 Å². The summed E-state index contributed by atoms with van der Waals surface area (Å²) in [4.78, 5) is 0. The van der Waals surface area contributed by atoms with Gasteiger partial charge in [-0.1, -0.05) is 24.3 Å². The summed E-state index contributed by atoms with van der Waals surface area (Å²) in [6.45, 7) is 1.34. The first-order chi connectivity index (χ1) is 7.68. The molecule has 0 spiro atoms. The Morgan fingerprint density at radius 1 is 1.12 bits per heavy atom. The summed E-state index contributed by atoms with van der Waals surface area (Å²) in [7, 11) is 4.83. The molecule has 1 fully saturated rings. The molecule has 0 radical (unpaired) electrons. The maximum absolute atomic E-state index is 2.42. The molecule has 1 aromatic carbocycles. The van der Waals surface area contributed by atoms with Crippen LogP contribution in [0.4, 0.5) is 0 Å². The lowest BCUT2D eigenvalue weighted by Gasteiger charge is -2.48. The number of rotatable bonds is 0. The normalized spacial score (nSPS) is 31.6. The second-order valence-corrected chi connectivity index (χ2v) is 6.09. The van der Waals surface area contributed by atoms with Gasteiger partial charge in [0.1, 0.15) is 6.04 Å². The van der Waals surface area contributed by atoms with Gasteiger partial charge in [0.2, 0.25) is 0 Å². The minimum atomic E-state index is 0.763. The van der Waals surface area contributed by atoms with Gasteiger partial charge in [-0.3, -0.25) is 0 Å². The number of hydrogen-bond acceptors (Lipinski definition) is 0. The molecule has 1 aromatic rings. The largest absolute Gasteiger partial charge is 0.322 e. The third-order valence-electron chi connectivity index (χ3n) is 4.67. The van der Waals surface area contributed by atoms with E-state index in [1.807, 2.05) is 0 Å². The van der Waals surface area contributed by atoms with Crippen molar-refractivity contribution in [2.45, 2.75) is 31.7 Å². The van der Waals surface area contributed by atoms with E-state index in [0.717, 1.165) is 12.0 Å². The monoisotopic (exact) mass is 216 g/mol. The smallest absolute Gasteiger partial charge is 0.117 e. The number of benzene rings is 1. The van der Waals surface area contributed by atoms with Crippen molar-refractivity contribution in [2.24, 2.45) is 5.92 Å². The molecule has 16 heavy (non-hydrogen) atoms. The highest BCUT2D eigenvalue weighted by atomic mass is 15.3. The number of piperidine rings is 1. The van der Waals surface area contributed by atoms with Crippen molar-refractivity contribution in [1.82, 2.24) is 0 Å². The molecule has 1 aliphatic heterocycles. The van der Waals surface area contributed by atoms with Gasteiger partial charge < -0.3 is 4.48 Å². The Labute approximate surface area is 98.7 Å². The molecule has 0 N–H and O–H groups in total. The van der Waals surface area contributed by atoms with E-state index in [0.29, 0.717) is 0 Å². The third-order valence-corrected chi connectivity index (χ3v) is 4.67. The number of aryl methyl sites for hydroxylation is 1. The van der Waals surface area contributed by atoms with Crippen LogP contribution in [0.15, 0.2) is 24.3 Å². The molecule has 2 atom stereocenters. The van der Waals surface area contributed by atoms with Crippen molar-refractivity contribution in [3.63, 3.8) is 0 Å². The molecule has 1 saturated heterocycles. The van der Waals surface area contributed by atoms with Crippen molar-refractivity contribution in [2.75, 3.05) is 20.6 Å². The van der Waals surface area contributed by atoms with E-state index in [1.165, 1.54) is 36.7 Å². The Morgan fingerprint density at radius 3 is 2.81 bits per heavy atom. The van der Waals surface area contributed by atoms with E-state index < -0.39 is 0 Å². The minimum absolute atomic E-state index is 0.763. The Hall–Kier alpha value is -0.820. The maximum atomic E-state index is 2.42. The van der Waals surface area contributed by atoms with Crippen LogP contribution in [0, 0.1) is 5.92 Å². The minimum Gasteiger partial charge on any atom is -0.322 e. The van der Waals surface area contributed by atoms with Crippen LogP contribution in [0.25, 0.3) is 0 Å². The Morgan fingerprint density at radius 2 is 1.94 bits per heavy atom. The van der Waals surface area contributed by atoms with Crippen molar-refractivity contribution in [3.8, 4) is 0 Å². The van der Waals surface area contributed by atoms with Crippen LogP contribution in [0.1, 0.15) is 36.4 Å². The predicted octanol–water partition coefficient (Wildman–Crippen LogP) is 3.16. The summed E-state index contributed by atoms with van der Waals surface area (Å²) in [6.07, 6.45) is 5.57. The van der Waals surface area contributed by atoms with E-state index in [1.54, 1.807) is 11.1 Å². The molecule has 2 aliphatic rings. The number of quaternary nitrogens is 1. The van der Waals surface area contributed by atoms with Crippen molar-refractivity contribution in [3.05, 3.63) is 35.4 Å². The third kappa shape index (κ3) is 1.49. The fourth-order valence-corrected chi connectivity index (χ4v) is 3.95. The summed E-state index contributed by atoms with van der Waals surface area (Å²) in [5.41, 5.74) is 3.25. The number of fused-ring (bicyclic) bond motifs is 3. The molecule has 1 nitrogen and oxygen atoms in total. The highest BCUT2D eigenvalue weighted by molar-refractivity contribution is 5.32. The maximum Gasteiger partial charge on any atom is 0.117 e. The lowest BCUT2D eigenvalue weighted by atomic mass is 9.74. The standard InChI is InChI=1S/C15H22N/c1-16(2)11-5-7-13-10-9-12-6-3-4-8-14(12)15(13)16/h3-4,6,8,13,15H,5,7,9-11H2,1-2H3/q+1. The molecule has 86 valence electrons.